The monoisotopic (exact) mass is 175 g/mol. The highest BCUT2D eigenvalue weighted by atomic mass is 14.8. The number of nitrogens with two attached hydrogens (primary N) is 1. The van der Waals surface area contributed by atoms with E-state index in [2.05, 4.69) is 11.1 Å². The molecule has 0 fully saturated rings. The number of hydrogen-bond donors (Lipinski definition) is 2. The summed E-state index contributed by atoms with van der Waals surface area (Å²) in [6.45, 7) is 0. The molecule has 0 unspecified atom stereocenters. The molecule has 0 amide bonds. The van der Waals surface area contributed by atoms with Gasteiger partial charge in [0.2, 0.25) is 0 Å². The molecular weight excluding hydrogens is 162 g/mol. The average molecular weight is 175 g/mol. The fourth-order valence-corrected chi connectivity index (χ4v) is 1.73. The smallest absolute Gasteiger partial charge is 0.141 e. The summed E-state index contributed by atoms with van der Waals surface area (Å²) in [5, 5.41) is 7.27. The summed E-state index contributed by atoms with van der Waals surface area (Å²) < 4.78 is 0. The van der Waals surface area contributed by atoms with Crippen molar-refractivity contribution in [2.45, 2.75) is 25.7 Å². The average Bonchev–Trinajstić information content (AvgIpc) is 2.17. The first-order valence-electron chi connectivity index (χ1n) is 4.60. The topological polar surface area (TPSA) is 62.8 Å². The molecular formula is C10H13N3. The molecule has 2 rings (SSSR count). The predicted molar refractivity (Wildman–Crippen MR) is 51.9 cm³/mol. The number of rotatable bonds is 1. The maximum atomic E-state index is 7.27. The summed E-state index contributed by atoms with van der Waals surface area (Å²) >= 11 is 0. The van der Waals surface area contributed by atoms with Gasteiger partial charge in [0, 0.05) is 5.69 Å². The molecule has 3 heteroatoms. The van der Waals surface area contributed by atoms with E-state index >= 15 is 0 Å². The molecule has 0 aromatic carbocycles. The molecule has 1 aliphatic carbocycles. The predicted octanol–water partition coefficient (Wildman–Crippen LogP) is 1.24. The third-order valence-electron chi connectivity index (χ3n) is 2.45. The highest BCUT2D eigenvalue weighted by Crippen LogP contribution is 2.19. The summed E-state index contributed by atoms with van der Waals surface area (Å²) in [5.74, 6) is 0.0633. The molecule has 0 saturated heterocycles. The van der Waals surface area contributed by atoms with E-state index < -0.39 is 0 Å². The van der Waals surface area contributed by atoms with Crippen molar-refractivity contribution in [3.63, 3.8) is 0 Å². The van der Waals surface area contributed by atoms with E-state index in [4.69, 9.17) is 11.1 Å². The second kappa shape index (κ2) is 3.17. The van der Waals surface area contributed by atoms with Crippen molar-refractivity contribution in [2.75, 3.05) is 0 Å². The zero-order valence-corrected chi connectivity index (χ0v) is 7.51. The van der Waals surface area contributed by atoms with Crippen molar-refractivity contribution in [3.8, 4) is 0 Å². The van der Waals surface area contributed by atoms with Crippen LogP contribution >= 0.6 is 0 Å². The van der Waals surface area contributed by atoms with Gasteiger partial charge in [-0.15, -0.1) is 0 Å². The van der Waals surface area contributed by atoms with Crippen LogP contribution in [-0.4, -0.2) is 10.8 Å². The van der Waals surface area contributed by atoms with Crippen LogP contribution in [0.3, 0.4) is 0 Å². The van der Waals surface area contributed by atoms with E-state index in [0.717, 1.165) is 18.5 Å². The highest BCUT2D eigenvalue weighted by Gasteiger charge is 2.11. The fraction of sp³-hybridized carbons (Fsp3) is 0.400. The molecule has 0 spiro atoms. The molecule has 13 heavy (non-hydrogen) atoms. The van der Waals surface area contributed by atoms with Gasteiger partial charge >= 0.3 is 0 Å². The lowest BCUT2D eigenvalue weighted by Gasteiger charge is -2.14. The second-order valence-electron chi connectivity index (χ2n) is 3.42. The Hall–Kier alpha value is -1.38. The number of aromatic nitrogens is 1. The Morgan fingerprint density at radius 2 is 2.08 bits per heavy atom. The number of fused-ring (bicyclic) bond motifs is 1. The second-order valence-corrected chi connectivity index (χ2v) is 3.42. The van der Waals surface area contributed by atoms with Crippen LogP contribution in [0.2, 0.25) is 0 Å². The molecule has 0 bridgehead atoms. The quantitative estimate of drug-likeness (QED) is 0.498. The van der Waals surface area contributed by atoms with Crippen LogP contribution in [0.5, 0.6) is 0 Å². The molecule has 0 aliphatic heterocycles. The number of nitrogens with one attached hydrogen (secondary N) is 1. The van der Waals surface area contributed by atoms with Crippen LogP contribution in [0.25, 0.3) is 0 Å². The molecule has 3 N–H and O–H groups in total. The summed E-state index contributed by atoms with van der Waals surface area (Å²) in [4.78, 5) is 4.36. The third-order valence-corrected chi connectivity index (χ3v) is 2.45. The largest absolute Gasteiger partial charge is 0.382 e. The van der Waals surface area contributed by atoms with Gasteiger partial charge in [0.15, 0.2) is 0 Å². The molecule has 1 aromatic heterocycles. The van der Waals surface area contributed by atoms with E-state index in [1.54, 1.807) is 0 Å². The van der Waals surface area contributed by atoms with Crippen LogP contribution in [-0.2, 0) is 12.8 Å². The van der Waals surface area contributed by atoms with Crippen molar-refractivity contribution in [3.05, 3.63) is 29.1 Å². The van der Waals surface area contributed by atoms with Gasteiger partial charge in [-0.3, -0.25) is 5.41 Å². The van der Waals surface area contributed by atoms with Crippen LogP contribution in [0.15, 0.2) is 12.1 Å². The van der Waals surface area contributed by atoms with E-state index in [9.17, 15) is 0 Å². The van der Waals surface area contributed by atoms with Gasteiger partial charge in [-0.1, -0.05) is 6.07 Å². The van der Waals surface area contributed by atoms with Gasteiger partial charge in [0.05, 0.1) is 0 Å². The van der Waals surface area contributed by atoms with Crippen LogP contribution in [0.1, 0.15) is 29.8 Å². The summed E-state index contributed by atoms with van der Waals surface area (Å²) in [6, 6.07) is 3.89. The van der Waals surface area contributed by atoms with Crippen molar-refractivity contribution in [1.82, 2.24) is 4.98 Å². The van der Waals surface area contributed by atoms with Gasteiger partial charge in [-0.2, -0.15) is 0 Å². The molecule has 68 valence electrons. The summed E-state index contributed by atoms with van der Waals surface area (Å²) in [6.07, 6.45) is 4.63. The number of pyridine rings is 1. The first kappa shape index (κ1) is 8.23. The minimum Gasteiger partial charge on any atom is -0.382 e. The van der Waals surface area contributed by atoms with Gasteiger partial charge in [-0.05, 0) is 37.3 Å². The van der Waals surface area contributed by atoms with Crippen molar-refractivity contribution < 1.29 is 0 Å². The van der Waals surface area contributed by atoms with Gasteiger partial charge in [0.25, 0.3) is 0 Å². The Kier molecular flexibility index (Phi) is 2.00. The van der Waals surface area contributed by atoms with Crippen LogP contribution in [0, 0.1) is 5.41 Å². The van der Waals surface area contributed by atoms with Gasteiger partial charge in [-0.25, -0.2) is 4.98 Å². The first-order chi connectivity index (χ1) is 6.27. The minimum absolute atomic E-state index is 0.0633. The molecule has 0 radical (unpaired) electrons. The van der Waals surface area contributed by atoms with E-state index in [1.165, 1.54) is 18.4 Å². The summed E-state index contributed by atoms with van der Waals surface area (Å²) in [5.41, 5.74) is 8.45. The lowest BCUT2D eigenvalue weighted by atomic mass is 9.96. The molecule has 1 aliphatic rings. The fourth-order valence-electron chi connectivity index (χ4n) is 1.73. The molecule has 1 heterocycles. The zero-order chi connectivity index (χ0) is 9.26. The van der Waals surface area contributed by atoms with Gasteiger partial charge in [0.1, 0.15) is 11.5 Å². The Morgan fingerprint density at radius 1 is 1.31 bits per heavy atom. The first-order valence-corrected chi connectivity index (χ1v) is 4.60. The normalized spacial score (nSPS) is 15.1. The highest BCUT2D eigenvalue weighted by molar-refractivity contribution is 5.93. The zero-order valence-electron chi connectivity index (χ0n) is 7.51. The van der Waals surface area contributed by atoms with Gasteiger partial charge < -0.3 is 5.73 Å². The Bertz CT molecular complexity index is 344. The number of amidine groups is 1. The lowest BCUT2D eigenvalue weighted by Crippen LogP contribution is -2.16. The number of nitrogens with zero attached hydrogens (tertiary/aromatic N) is 1. The summed E-state index contributed by atoms with van der Waals surface area (Å²) in [7, 11) is 0. The Labute approximate surface area is 77.5 Å². The maximum Gasteiger partial charge on any atom is 0.141 e. The van der Waals surface area contributed by atoms with Crippen molar-refractivity contribution in [1.29, 1.82) is 5.41 Å². The molecule has 3 nitrogen and oxygen atoms in total. The SMILES string of the molecule is N=C(N)c1ccc2c(n1)CCCC2. The number of nitrogen functional groups attached to an aromatic ring is 1. The Balaban J connectivity index is 2.40. The van der Waals surface area contributed by atoms with E-state index in [-0.39, 0.29) is 5.84 Å². The molecule has 0 saturated carbocycles. The minimum atomic E-state index is 0.0633. The molecule has 1 aromatic rings. The number of aryl methyl sites for hydroxylation is 2. The van der Waals surface area contributed by atoms with E-state index in [0.29, 0.717) is 5.69 Å². The van der Waals surface area contributed by atoms with Crippen LogP contribution < -0.4 is 5.73 Å². The third kappa shape index (κ3) is 1.54. The number of hydrogen-bond acceptors (Lipinski definition) is 2. The van der Waals surface area contributed by atoms with E-state index in [1.807, 2.05) is 6.07 Å². The lowest BCUT2D eigenvalue weighted by molar-refractivity contribution is 0.667. The van der Waals surface area contributed by atoms with Crippen LogP contribution in [0.4, 0.5) is 0 Å². The van der Waals surface area contributed by atoms with Crippen molar-refractivity contribution in [2.24, 2.45) is 5.73 Å². The Morgan fingerprint density at radius 3 is 2.85 bits per heavy atom. The maximum absolute atomic E-state index is 7.27. The molecule has 0 atom stereocenters. The standard InChI is InChI=1S/C10H13N3/c11-10(12)9-6-5-7-3-1-2-4-8(7)13-9/h5-6H,1-4H2,(H3,11,12). The van der Waals surface area contributed by atoms with Crippen molar-refractivity contribution >= 4 is 5.84 Å².